The van der Waals surface area contributed by atoms with Gasteiger partial charge in [0.25, 0.3) is 0 Å². The summed E-state index contributed by atoms with van der Waals surface area (Å²) in [5, 5.41) is 4.42. The summed E-state index contributed by atoms with van der Waals surface area (Å²) in [5.41, 5.74) is 1.33. The summed E-state index contributed by atoms with van der Waals surface area (Å²) in [6, 6.07) is 8.60. The molecule has 3 heteroatoms. The van der Waals surface area contributed by atoms with Crippen molar-refractivity contribution in [2.75, 3.05) is 6.61 Å². The maximum absolute atomic E-state index is 5.88. The Hall–Kier alpha value is -0.570. The number of hydrogen-bond acceptors (Lipinski definition) is 2. The van der Waals surface area contributed by atoms with Crippen molar-refractivity contribution in [2.45, 2.75) is 51.3 Å². The zero-order chi connectivity index (χ0) is 13.0. The molecule has 0 aromatic heterocycles. The Morgan fingerprint density at radius 3 is 2.78 bits per heavy atom. The lowest BCUT2D eigenvalue weighted by atomic mass is 9.90. The third-order valence-electron chi connectivity index (χ3n) is 3.85. The minimum atomic E-state index is 0.0515. The predicted octanol–water partition coefficient (Wildman–Crippen LogP) is 3.78. The average Bonchev–Trinajstić information content (AvgIpc) is 2.38. The van der Waals surface area contributed by atoms with Crippen LogP contribution in [0.3, 0.4) is 0 Å². The second-order valence-corrected chi connectivity index (χ2v) is 5.79. The van der Waals surface area contributed by atoms with Gasteiger partial charge in [0.1, 0.15) is 0 Å². The van der Waals surface area contributed by atoms with Gasteiger partial charge in [-0.1, -0.05) is 30.7 Å². The first-order valence-corrected chi connectivity index (χ1v) is 7.11. The maximum Gasteiger partial charge on any atom is 0.0666 e. The number of halogens is 1. The van der Waals surface area contributed by atoms with Gasteiger partial charge in [0, 0.05) is 24.2 Å². The molecule has 0 radical (unpaired) electrons. The van der Waals surface area contributed by atoms with Gasteiger partial charge < -0.3 is 10.1 Å². The van der Waals surface area contributed by atoms with E-state index in [4.69, 9.17) is 16.3 Å². The molecule has 0 amide bonds. The van der Waals surface area contributed by atoms with E-state index < -0.39 is 0 Å². The van der Waals surface area contributed by atoms with E-state index in [0.29, 0.717) is 6.04 Å². The smallest absolute Gasteiger partial charge is 0.0666 e. The third-order valence-corrected chi connectivity index (χ3v) is 4.10. The van der Waals surface area contributed by atoms with E-state index in [9.17, 15) is 0 Å². The number of ether oxygens (including phenoxy) is 1. The van der Waals surface area contributed by atoms with E-state index in [0.717, 1.165) is 37.4 Å². The minimum absolute atomic E-state index is 0.0515. The summed E-state index contributed by atoms with van der Waals surface area (Å²) in [4.78, 5) is 0. The summed E-state index contributed by atoms with van der Waals surface area (Å²) < 4.78 is 5.86. The van der Waals surface area contributed by atoms with E-state index in [1.54, 1.807) is 0 Å². The van der Waals surface area contributed by atoms with Gasteiger partial charge in [-0.25, -0.2) is 0 Å². The van der Waals surface area contributed by atoms with Crippen molar-refractivity contribution in [3.8, 4) is 0 Å². The van der Waals surface area contributed by atoms with Crippen molar-refractivity contribution in [2.24, 2.45) is 0 Å². The van der Waals surface area contributed by atoms with Crippen LogP contribution < -0.4 is 5.32 Å². The monoisotopic (exact) mass is 267 g/mol. The number of rotatable bonds is 4. The Morgan fingerprint density at radius 1 is 1.39 bits per heavy atom. The summed E-state index contributed by atoms with van der Waals surface area (Å²) in [7, 11) is 0. The Bertz CT molecular complexity index is 379. The lowest BCUT2D eigenvalue weighted by molar-refractivity contribution is -0.0781. The quantitative estimate of drug-likeness (QED) is 0.897. The first-order valence-electron chi connectivity index (χ1n) is 6.73. The van der Waals surface area contributed by atoms with Gasteiger partial charge in [0.2, 0.25) is 0 Å². The van der Waals surface area contributed by atoms with Gasteiger partial charge in [0.05, 0.1) is 5.60 Å². The van der Waals surface area contributed by atoms with Crippen LogP contribution in [0.1, 0.15) is 38.7 Å². The average molecular weight is 268 g/mol. The molecule has 1 heterocycles. The van der Waals surface area contributed by atoms with Crippen LogP contribution >= 0.6 is 11.6 Å². The van der Waals surface area contributed by atoms with Crippen molar-refractivity contribution in [1.29, 1.82) is 0 Å². The predicted molar refractivity (Wildman–Crippen MR) is 76.0 cm³/mol. The van der Waals surface area contributed by atoms with Crippen LogP contribution in [-0.4, -0.2) is 18.2 Å². The van der Waals surface area contributed by atoms with Gasteiger partial charge >= 0.3 is 0 Å². The normalized spacial score (nSPS) is 28.3. The zero-order valence-corrected chi connectivity index (χ0v) is 12.0. The van der Waals surface area contributed by atoms with Gasteiger partial charge in [-0.05, 0) is 43.9 Å². The molecule has 2 atom stereocenters. The molecule has 18 heavy (non-hydrogen) atoms. The van der Waals surface area contributed by atoms with Crippen molar-refractivity contribution >= 4 is 11.6 Å². The molecule has 1 N–H and O–H groups in total. The van der Waals surface area contributed by atoms with Crippen LogP contribution in [0.25, 0.3) is 0 Å². The zero-order valence-electron chi connectivity index (χ0n) is 11.2. The number of nitrogens with one attached hydrogen (secondary N) is 1. The van der Waals surface area contributed by atoms with Gasteiger partial charge in [0.15, 0.2) is 0 Å². The fourth-order valence-corrected chi connectivity index (χ4v) is 2.54. The minimum Gasteiger partial charge on any atom is -0.375 e. The summed E-state index contributed by atoms with van der Waals surface area (Å²) in [5.74, 6) is 0. The molecule has 2 nitrogen and oxygen atoms in total. The van der Waals surface area contributed by atoms with Crippen LogP contribution in [0.15, 0.2) is 24.3 Å². The van der Waals surface area contributed by atoms with E-state index in [2.05, 4.69) is 31.3 Å². The number of benzene rings is 1. The van der Waals surface area contributed by atoms with E-state index in [-0.39, 0.29) is 5.60 Å². The Balaban J connectivity index is 1.85. The molecule has 1 aromatic carbocycles. The van der Waals surface area contributed by atoms with Gasteiger partial charge in [-0.15, -0.1) is 0 Å². The molecule has 1 fully saturated rings. The van der Waals surface area contributed by atoms with Crippen LogP contribution in [0.2, 0.25) is 5.02 Å². The Kier molecular flexibility index (Phi) is 4.66. The van der Waals surface area contributed by atoms with Crippen LogP contribution in [0.5, 0.6) is 0 Å². The fraction of sp³-hybridized carbons (Fsp3) is 0.600. The SMILES string of the molecule is CCC1(C)CC(NCc2ccc(Cl)cc2)CCO1. The molecule has 0 aliphatic carbocycles. The molecular formula is C15H22ClNO. The molecule has 1 aliphatic heterocycles. The van der Waals surface area contributed by atoms with Crippen LogP contribution in [-0.2, 0) is 11.3 Å². The van der Waals surface area contributed by atoms with Crippen molar-refractivity contribution in [3.05, 3.63) is 34.9 Å². The highest BCUT2D eigenvalue weighted by Gasteiger charge is 2.31. The highest BCUT2D eigenvalue weighted by molar-refractivity contribution is 6.30. The van der Waals surface area contributed by atoms with E-state index in [1.165, 1.54) is 5.56 Å². The summed E-state index contributed by atoms with van der Waals surface area (Å²) in [6.45, 7) is 6.18. The topological polar surface area (TPSA) is 21.3 Å². The second-order valence-electron chi connectivity index (χ2n) is 5.35. The molecule has 100 valence electrons. The van der Waals surface area contributed by atoms with Crippen molar-refractivity contribution < 1.29 is 4.74 Å². The fourth-order valence-electron chi connectivity index (χ4n) is 2.41. The molecule has 2 unspecified atom stereocenters. The molecular weight excluding hydrogens is 246 g/mol. The van der Waals surface area contributed by atoms with E-state index in [1.807, 2.05) is 12.1 Å². The molecule has 1 aromatic rings. The molecule has 0 saturated carbocycles. The van der Waals surface area contributed by atoms with E-state index >= 15 is 0 Å². The highest BCUT2D eigenvalue weighted by atomic mass is 35.5. The van der Waals surface area contributed by atoms with Crippen molar-refractivity contribution in [3.63, 3.8) is 0 Å². The highest BCUT2D eigenvalue weighted by Crippen LogP contribution is 2.27. The molecule has 0 spiro atoms. The van der Waals surface area contributed by atoms with Crippen LogP contribution in [0, 0.1) is 0 Å². The Labute approximate surface area is 115 Å². The largest absolute Gasteiger partial charge is 0.375 e. The molecule has 0 bridgehead atoms. The first kappa shape index (κ1) is 13.9. The Morgan fingerprint density at radius 2 is 2.11 bits per heavy atom. The maximum atomic E-state index is 5.88. The summed E-state index contributed by atoms with van der Waals surface area (Å²) >= 11 is 5.88. The first-order chi connectivity index (χ1) is 8.61. The lowest BCUT2D eigenvalue weighted by Crippen LogP contribution is -2.44. The number of hydrogen-bond donors (Lipinski definition) is 1. The van der Waals surface area contributed by atoms with Crippen LogP contribution in [0.4, 0.5) is 0 Å². The standard InChI is InChI=1S/C15H22ClNO/c1-3-15(2)10-14(8-9-18-15)17-11-12-4-6-13(16)7-5-12/h4-7,14,17H,3,8-11H2,1-2H3. The van der Waals surface area contributed by atoms with Gasteiger partial charge in [-0.3, -0.25) is 0 Å². The van der Waals surface area contributed by atoms with Gasteiger partial charge in [-0.2, -0.15) is 0 Å². The van der Waals surface area contributed by atoms with Crippen molar-refractivity contribution in [1.82, 2.24) is 5.32 Å². The molecule has 1 aliphatic rings. The molecule has 2 rings (SSSR count). The second kappa shape index (κ2) is 6.05. The lowest BCUT2D eigenvalue weighted by Gasteiger charge is -2.38. The molecule has 1 saturated heterocycles. The summed E-state index contributed by atoms with van der Waals surface area (Å²) in [6.07, 6.45) is 3.27. The third kappa shape index (κ3) is 3.71.